The summed E-state index contributed by atoms with van der Waals surface area (Å²) in [6, 6.07) is 10.2. The second kappa shape index (κ2) is 8.57. The van der Waals surface area contributed by atoms with E-state index in [0.717, 1.165) is 5.75 Å². The van der Waals surface area contributed by atoms with E-state index in [9.17, 15) is 4.79 Å². The maximum atomic E-state index is 12.0. The molecule has 0 bridgehead atoms. The van der Waals surface area contributed by atoms with Crippen LogP contribution in [0.15, 0.2) is 24.3 Å². The third-order valence-electron chi connectivity index (χ3n) is 3.97. The van der Waals surface area contributed by atoms with Gasteiger partial charge in [-0.25, -0.2) is 0 Å². The van der Waals surface area contributed by atoms with Gasteiger partial charge in [0.05, 0.1) is 19.1 Å². The second-order valence-electron chi connectivity index (χ2n) is 6.94. The van der Waals surface area contributed by atoms with Crippen LogP contribution in [-0.4, -0.2) is 30.5 Å². The highest BCUT2D eigenvalue weighted by atomic mass is 16.5. The van der Waals surface area contributed by atoms with Gasteiger partial charge in [0.2, 0.25) is 5.91 Å². The Bertz CT molecular complexity index is 538. The molecule has 0 aliphatic heterocycles. The SMILES string of the molecule is CC(CC#N)N(C)C(=O)CCCOc1ccc(C(C)(C)C)cc1. The molecule has 0 saturated carbocycles. The molecule has 23 heavy (non-hydrogen) atoms. The number of hydrogen-bond acceptors (Lipinski definition) is 3. The minimum atomic E-state index is -0.0432. The highest BCUT2D eigenvalue weighted by molar-refractivity contribution is 5.76. The van der Waals surface area contributed by atoms with E-state index < -0.39 is 0 Å². The van der Waals surface area contributed by atoms with E-state index in [2.05, 4.69) is 39.0 Å². The number of carbonyl (C=O) groups excluding carboxylic acids is 1. The molecular formula is C19H28N2O2. The van der Waals surface area contributed by atoms with Crippen LogP contribution < -0.4 is 4.74 Å². The highest BCUT2D eigenvalue weighted by Gasteiger charge is 2.15. The predicted octanol–water partition coefficient (Wildman–Crippen LogP) is 3.90. The Labute approximate surface area is 140 Å². The van der Waals surface area contributed by atoms with Gasteiger partial charge in [0, 0.05) is 19.5 Å². The van der Waals surface area contributed by atoms with Crippen molar-refractivity contribution >= 4 is 5.91 Å². The minimum absolute atomic E-state index is 0.0432. The van der Waals surface area contributed by atoms with Gasteiger partial charge in [-0.1, -0.05) is 32.9 Å². The van der Waals surface area contributed by atoms with Gasteiger partial charge in [-0.05, 0) is 36.5 Å². The van der Waals surface area contributed by atoms with Crippen LogP contribution in [0.5, 0.6) is 5.75 Å². The largest absolute Gasteiger partial charge is 0.494 e. The summed E-state index contributed by atoms with van der Waals surface area (Å²) in [5.41, 5.74) is 1.41. The van der Waals surface area contributed by atoms with E-state index in [0.29, 0.717) is 25.9 Å². The number of ether oxygens (including phenoxy) is 1. The maximum absolute atomic E-state index is 12.0. The first-order valence-corrected chi connectivity index (χ1v) is 8.11. The summed E-state index contributed by atoms with van der Waals surface area (Å²) in [7, 11) is 1.75. The summed E-state index contributed by atoms with van der Waals surface area (Å²) in [5.74, 6) is 0.885. The Hall–Kier alpha value is -2.02. The molecule has 1 atom stereocenters. The molecule has 0 fully saturated rings. The van der Waals surface area contributed by atoms with E-state index in [-0.39, 0.29) is 17.4 Å². The Kier molecular flexibility index (Phi) is 7.09. The molecule has 4 nitrogen and oxygen atoms in total. The third kappa shape index (κ3) is 6.32. The standard InChI is InChI=1S/C19H28N2O2/c1-15(12-13-20)21(5)18(22)7-6-14-23-17-10-8-16(9-11-17)19(2,3)4/h8-11,15H,6-7,12,14H2,1-5H3. The first-order valence-electron chi connectivity index (χ1n) is 8.11. The van der Waals surface area contributed by atoms with Crippen molar-refractivity contribution in [3.05, 3.63) is 29.8 Å². The first-order chi connectivity index (χ1) is 10.8. The zero-order chi connectivity index (χ0) is 17.5. The van der Waals surface area contributed by atoms with Crippen molar-refractivity contribution in [2.24, 2.45) is 0 Å². The van der Waals surface area contributed by atoms with E-state index in [1.165, 1.54) is 5.56 Å². The molecule has 0 aliphatic carbocycles. The Morgan fingerprint density at radius 3 is 2.43 bits per heavy atom. The molecular weight excluding hydrogens is 288 g/mol. The average Bonchev–Trinajstić information content (AvgIpc) is 2.50. The van der Waals surface area contributed by atoms with E-state index in [1.807, 2.05) is 19.1 Å². The predicted molar refractivity (Wildman–Crippen MR) is 92.3 cm³/mol. The fourth-order valence-corrected chi connectivity index (χ4v) is 2.16. The summed E-state index contributed by atoms with van der Waals surface area (Å²) in [6.45, 7) is 8.93. The molecule has 0 aromatic heterocycles. The van der Waals surface area contributed by atoms with Crippen molar-refractivity contribution < 1.29 is 9.53 Å². The van der Waals surface area contributed by atoms with Crippen LogP contribution in [0.4, 0.5) is 0 Å². The van der Waals surface area contributed by atoms with Gasteiger partial charge in [0.15, 0.2) is 0 Å². The summed E-state index contributed by atoms with van der Waals surface area (Å²) in [6.07, 6.45) is 1.47. The molecule has 1 aromatic rings. The molecule has 126 valence electrons. The van der Waals surface area contributed by atoms with Crippen LogP contribution in [0, 0.1) is 11.3 Å². The quantitative estimate of drug-likeness (QED) is 0.717. The van der Waals surface area contributed by atoms with Gasteiger partial charge >= 0.3 is 0 Å². The minimum Gasteiger partial charge on any atom is -0.494 e. The first kappa shape index (κ1) is 19.0. The van der Waals surface area contributed by atoms with E-state index in [4.69, 9.17) is 10.00 Å². The number of benzene rings is 1. The van der Waals surface area contributed by atoms with Crippen LogP contribution in [0.3, 0.4) is 0 Å². The number of nitrogens with zero attached hydrogens (tertiary/aromatic N) is 2. The molecule has 0 aliphatic rings. The molecule has 0 heterocycles. The summed E-state index contributed by atoms with van der Waals surface area (Å²) < 4.78 is 5.69. The molecule has 4 heteroatoms. The highest BCUT2D eigenvalue weighted by Crippen LogP contribution is 2.24. The maximum Gasteiger partial charge on any atom is 0.222 e. The molecule has 1 unspecified atom stereocenters. The van der Waals surface area contributed by atoms with Crippen molar-refractivity contribution in [1.82, 2.24) is 4.90 Å². The van der Waals surface area contributed by atoms with Gasteiger partial charge in [-0.3, -0.25) is 4.79 Å². The summed E-state index contributed by atoms with van der Waals surface area (Å²) in [5, 5.41) is 8.67. The molecule has 0 N–H and O–H groups in total. The van der Waals surface area contributed by atoms with Gasteiger partial charge in [-0.15, -0.1) is 0 Å². The molecule has 0 saturated heterocycles. The lowest BCUT2D eigenvalue weighted by atomic mass is 9.87. The van der Waals surface area contributed by atoms with Gasteiger partial charge < -0.3 is 9.64 Å². The molecule has 0 radical (unpaired) electrons. The number of amides is 1. The topological polar surface area (TPSA) is 53.3 Å². The van der Waals surface area contributed by atoms with Crippen molar-refractivity contribution in [2.45, 2.75) is 58.4 Å². The van der Waals surface area contributed by atoms with E-state index in [1.54, 1.807) is 11.9 Å². The fraction of sp³-hybridized carbons (Fsp3) is 0.579. The van der Waals surface area contributed by atoms with Crippen LogP contribution in [-0.2, 0) is 10.2 Å². The van der Waals surface area contributed by atoms with Crippen molar-refractivity contribution in [3.63, 3.8) is 0 Å². The average molecular weight is 316 g/mol. The van der Waals surface area contributed by atoms with Gasteiger partial charge in [0.1, 0.15) is 5.75 Å². The zero-order valence-electron chi connectivity index (χ0n) is 14.9. The van der Waals surface area contributed by atoms with E-state index >= 15 is 0 Å². The van der Waals surface area contributed by atoms with Crippen LogP contribution >= 0.6 is 0 Å². The zero-order valence-corrected chi connectivity index (χ0v) is 14.9. The molecule has 1 aromatic carbocycles. The van der Waals surface area contributed by atoms with Crippen LogP contribution in [0.25, 0.3) is 0 Å². The molecule has 1 amide bonds. The Morgan fingerprint density at radius 1 is 1.30 bits per heavy atom. The van der Waals surface area contributed by atoms with Crippen molar-refractivity contribution in [3.8, 4) is 11.8 Å². The van der Waals surface area contributed by atoms with Crippen LogP contribution in [0.2, 0.25) is 0 Å². The lowest BCUT2D eigenvalue weighted by Crippen LogP contribution is -2.34. The van der Waals surface area contributed by atoms with Crippen molar-refractivity contribution in [2.75, 3.05) is 13.7 Å². The molecule has 0 spiro atoms. The lowest BCUT2D eigenvalue weighted by molar-refractivity contribution is -0.131. The monoisotopic (exact) mass is 316 g/mol. The van der Waals surface area contributed by atoms with Gasteiger partial charge in [0.25, 0.3) is 0 Å². The Balaban J connectivity index is 2.35. The summed E-state index contributed by atoms with van der Waals surface area (Å²) in [4.78, 5) is 13.6. The Morgan fingerprint density at radius 2 is 1.91 bits per heavy atom. The third-order valence-corrected chi connectivity index (χ3v) is 3.97. The second-order valence-corrected chi connectivity index (χ2v) is 6.94. The number of hydrogen-bond donors (Lipinski definition) is 0. The smallest absolute Gasteiger partial charge is 0.222 e. The fourth-order valence-electron chi connectivity index (χ4n) is 2.16. The molecule has 1 rings (SSSR count). The van der Waals surface area contributed by atoms with Gasteiger partial charge in [-0.2, -0.15) is 5.26 Å². The van der Waals surface area contributed by atoms with Crippen molar-refractivity contribution in [1.29, 1.82) is 5.26 Å². The normalized spacial score (nSPS) is 12.3. The number of carbonyl (C=O) groups is 1. The lowest BCUT2D eigenvalue weighted by Gasteiger charge is -2.23. The van der Waals surface area contributed by atoms with Crippen LogP contribution in [0.1, 0.15) is 52.5 Å². The number of nitriles is 1. The summed E-state index contributed by atoms with van der Waals surface area (Å²) >= 11 is 0. The number of rotatable bonds is 7.